The lowest BCUT2D eigenvalue weighted by Crippen LogP contribution is -1.93. The Labute approximate surface area is 103 Å². The van der Waals surface area contributed by atoms with Crippen LogP contribution in [0.1, 0.15) is 33.1 Å². The molecule has 0 fully saturated rings. The summed E-state index contributed by atoms with van der Waals surface area (Å²) in [5.41, 5.74) is 1.92. The maximum Gasteiger partial charge on any atom is 0.164 e. The van der Waals surface area contributed by atoms with Gasteiger partial charge in [0.15, 0.2) is 5.78 Å². The van der Waals surface area contributed by atoms with E-state index in [-0.39, 0.29) is 11.7 Å². The van der Waals surface area contributed by atoms with E-state index in [1.165, 1.54) is 4.88 Å². The Hall–Kier alpha value is -1.12. The summed E-state index contributed by atoms with van der Waals surface area (Å²) in [4.78, 5) is 13.1. The first-order valence-electron chi connectivity index (χ1n) is 5.12. The molecule has 1 aliphatic carbocycles. The topological polar surface area (TPSA) is 17.1 Å². The monoisotopic (exact) mass is 248 g/mol. The highest BCUT2D eigenvalue weighted by Gasteiger charge is 2.30. The number of hydrogen-bond acceptors (Lipinski definition) is 2. The third-order valence-electron chi connectivity index (χ3n) is 2.97. The van der Waals surface area contributed by atoms with Crippen molar-refractivity contribution >= 4 is 28.7 Å². The predicted octanol–water partition coefficient (Wildman–Crippen LogP) is 4.12. The number of halogens is 1. The van der Waals surface area contributed by atoms with E-state index in [1.54, 1.807) is 17.4 Å². The van der Waals surface area contributed by atoms with Gasteiger partial charge in [-0.2, -0.15) is 0 Å². The van der Waals surface area contributed by atoms with Gasteiger partial charge in [-0.25, -0.2) is 0 Å². The fourth-order valence-electron chi connectivity index (χ4n) is 2.22. The molecule has 0 radical (unpaired) electrons. The van der Waals surface area contributed by atoms with Gasteiger partial charge in [0, 0.05) is 27.8 Å². The molecule has 0 saturated carbocycles. The van der Waals surface area contributed by atoms with E-state index < -0.39 is 0 Å². The lowest BCUT2D eigenvalue weighted by Gasteiger charge is -2.07. The summed E-state index contributed by atoms with van der Waals surface area (Å²) in [6, 6.07) is 9.74. The molecule has 0 spiro atoms. The second kappa shape index (κ2) is 3.72. The fourth-order valence-corrected chi connectivity index (χ4v) is 3.24. The molecule has 3 rings (SSSR count). The zero-order valence-electron chi connectivity index (χ0n) is 8.44. The van der Waals surface area contributed by atoms with Crippen molar-refractivity contribution in [3.8, 4) is 0 Å². The number of rotatable bonds is 1. The lowest BCUT2D eigenvalue weighted by atomic mass is 10.00. The quantitative estimate of drug-likeness (QED) is 0.742. The Morgan fingerprint density at radius 3 is 2.94 bits per heavy atom. The van der Waals surface area contributed by atoms with Crippen LogP contribution in [0, 0.1) is 0 Å². The third-order valence-corrected chi connectivity index (χ3v) is 4.19. The van der Waals surface area contributed by atoms with Crippen LogP contribution in [-0.4, -0.2) is 5.78 Å². The van der Waals surface area contributed by atoms with Crippen LogP contribution in [0.5, 0.6) is 0 Å². The number of ketones is 1. The molecule has 80 valence electrons. The molecule has 1 aromatic carbocycles. The van der Waals surface area contributed by atoms with Gasteiger partial charge in [0.1, 0.15) is 0 Å². The Morgan fingerprint density at radius 2 is 2.19 bits per heavy atom. The first-order valence-corrected chi connectivity index (χ1v) is 6.37. The minimum absolute atomic E-state index is 0.205. The van der Waals surface area contributed by atoms with Gasteiger partial charge < -0.3 is 0 Å². The van der Waals surface area contributed by atoms with Crippen molar-refractivity contribution in [2.45, 2.75) is 12.3 Å². The summed E-state index contributed by atoms with van der Waals surface area (Å²) in [7, 11) is 0. The molecule has 0 bridgehead atoms. The molecule has 3 heteroatoms. The van der Waals surface area contributed by atoms with Crippen molar-refractivity contribution < 1.29 is 4.79 Å². The average Bonchev–Trinajstić information content (AvgIpc) is 2.87. The largest absolute Gasteiger partial charge is 0.294 e. The average molecular weight is 249 g/mol. The van der Waals surface area contributed by atoms with Crippen LogP contribution in [0.2, 0.25) is 5.02 Å². The summed E-state index contributed by atoms with van der Waals surface area (Å²) in [5.74, 6) is 0.440. The Morgan fingerprint density at radius 1 is 1.31 bits per heavy atom. The van der Waals surface area contributed by atoms with Crippen molar-refractivity contribution in [2.75, 3.05) is 0 Å². The summed E-state index contributed by atoms with van der Waals surface area (Å²) in [5, 5.41) is 2.69. The lowest BCUT2D eigenvalue weighted by molar-refractivity contribution is 0.0991. The molecule has 2 aromatic rings. The summed E-state index contributed by atoms with van der Waals surface area (Å²) < 4.78 is 0. The number of carbonyl (C=O) groups excluding carboxylic acids is 1. The molecule has 1 aliphatic rings. The van der Waals surface area contributed by atoms with Gasteiger partial charge in [-0.1, -0.05) is 23.7 Å². The van der Waals surface area contributed by atoms with Crippen LogP contribution in [0.15, 0.2) is 35.7 Å². The minimum atomic E-state index is 0.205. The van der Waals surface area contributed by atoms with Crippen molar-refractivity contribution in [1.29, 1.82) is 0 Å². The van der Waals surface area contributed by atoms with Gasteiger partial charge in [0.25, 0.3) is 0 Å². The van der Waals surface area contributed by atoms with Gasteiger partial charge in [-0.3, -0.25) is 4.79 Å². The van der Waals surface area contributed by atoms with Crippen molar-refractivity contribution in [2.24, 2.45) is 0 Å². The number of thiophene rings is 1. The Bertz CT molecular complexity index is 545. The Balaban J connectivity index is 2.13. The zero-order chi connectivity index (χ0) is 11.1. The highest BCUT2D eigenvalue weighted by atomic mass is 35.5. The summed E-state index contributed by atoms with van der Waals surface area (Å²) in [6.45, 7) is 0. The molecular weight excluding hydrogens is 240 g/mol. The van der Waals surface area contributed by atoms with Crippen LogP contribution in [0.25, 0.3) is 0 Å². The van der Waals surface area contributed by atoms with Gasteiger partial charge in [0.2, 0.25) is 0 Å². The summed E-state index contributed by atoms with van der Waals surface area (Å²) >= 11 is 7.62. The zero-order valence-corrected chi connectivity index (χ0v) is 10.0. The molecule has 0 aliphatic heterocycles. The molecule has 0 unspecified atom stereocenters. The molecular formula is C13H9ClOS. The maximum atomic E-state index is 11.9. The van der Waals surface area contributed by atoms with Crippen molar-refractivity contribution in [1.82, 2.24) is 0 Å². The highest BCUT2D eigenvalue weighted by Crippen LogP contribution is 2.40. The van der Waals surface area contributed by atoms with Crippen molar-refractivity contribution in [3.05, 3.63) is 56.7 Å². The molecule has 1 aromatic heterocycles. The SMILES string of the molecule is O=C1C[C@@H](c2cccs2)c2ccc(Cl)cc21. The predicted molar refractivity (Wildman–Crippen MR) is 66.6 cm³/mol. The molecule has 0 N–H and O–H groups in total. The number of benzene rings is 1. The van der Waals surface area contributed by atoms with E-state index in [0.717, 1.165) is 11.1 Å². The van der Waals surface area contributed by atoms with E-state index in [1.807, 2.05) is 23.6 Å². The van der Waals surface area contributed by atoms with E-state index in [2.05, 4.69) is 6.07 Å². The van der Waals surface area contributed by atoms with Crippen molar-refractivity contribution in [3.63, 3.8) is 0 Å². The first kappa shape index (κ1) is 10.1. The van der Waals surface area contributed by atoms with E-state index >= 15 is 0 Å². The van der Waals surface area contributed by atoms with E-state index in [4.69, 9.17) is 11.6 Å². The highest BCUT2D eigenvalue weighted by molar-refractivity contribution is 7.10. The summed E-state index contributed by atoms with van der Waals surface area (Å²) in [6.07, 6.45) is 0.580. The number of hydrogen-bond donors (Lipinski definition) is 0. The molecule has 0 amide bonds. The number of carbonyl (C=O) groups is 1. The molecule has 1 heterocycles. The molecule has 0 saturated heterocycles. The fraction of sp³-hybridized carbons (Fsp3) is 0.154. The minimum Gasteiger partial charge on any atom is -0.294 e. The second-order valence-electron chi connectivity index (χ2n) is 3.93. The van der Waals surface area contributed by atoms with E-state index in [9.17, 15) is 4.79 Å². The Kier molecular flexibility index (Phi) is 2.34. The standard InChI is InChI=1S/C13H9ClOS/c14-8-3-4-9-10(6-8)12(15)7-11(9)13-2-1-5-16-13/h1-6,11H,7H2/t11-/m1/s1. The van der Waals surface area contributed by atoms with Gasteiger partial charge >= 0.3 is 0 Å². The van der Waals surface area contributed by atoms with E-state index in [0.29, 0.717) is 11.4 Å². The maximum absolute atomic E-state index is 11.9. The second-order valence-corrected chi connectivity index (χ2v) is 5.34. The van der Waals surface area contributed by atoms with Gasteiger partial charge in [0.05, 0.1) is 0 Å². The smallest absolute Gasteiger partial charge is 0.164 e. The third kappa shape index (κ3) is 1.49. The van der Waals surface area contributed by atoms with Crippen LogP contribution in [0.3, 0.4) is 0 Å². The number of Topliss-reactive ketones (excluding diaryl/α,β-unsaturated/α-hetero) is 1. The molecule has 1 nitrogen and oxygen atoms in total. The van der Waals surface area contributed by atoms with Crippen LogP contribution >= 0.6 is 22.9 Å². The molecule has 16 heavy (non-hydrogen) atoms. The van der Waals surface area contributed by atoms with Gasteiger partial charge in [-0.05, 0) is 29.1 Å². The number of fused-ring (bicyclic) bond motifs is 1. The van der Waals surface area contributed by atoms with Crippen LogP contribution in [-0.2, 0) is 0 Å². The van der Waals surface area contributed by atoms with Crippen LogP contribution in [0.4, 0.5) is 0 Å². The molecule has 1 atom stereocenters. The normalized spacial score (nSPS) is 18.8. The van der Waals surface area contributed by atoms with Crippen LogP contribution < -0.4 is 0 Å². The van der Waals surface area contributed by atoms with Gasteiger partial charge in [-0.15, -0.1) is 11.3 Å². The first-order chi connectivity index (χ1) is 7.75.